The molecule has 0 fully saturated rings. The molecule has 0 aromatic carbocycles. The standard InChI is InChI=1S/C16H33NO4S.Na/c1-3-4-5-6-7-8-9-10-11-13-16(18)17(2)14-12-15-22(19,20)21;/h3-15H2,1-2H3,(H,19,20,21);/q;+1/p-1. The Hall–Kier alpha value is 0.380. The van der Waals surface area contributed by atoms with Crippen LogP contribution in [0.4, 0.5) is 0 Å². The van der Waals surface area contributed by atoms with Crippen molar-refractivity contribution in [1.82, 2.24) is 4.90 Å². The van der Waals surface area contributed by atoms with Crippen LogP contribution in [0.1, 0.15) is 77.6 Å². The third-order valence-electron chi connectivity index (χ3n) is 3.81. The third kappa shape index (κ3) is 18.6. The van der Waals surface area contributed by atoms with Crippen LogP contribution in [0.5, 0.6) is 0 Å². The van der Waals surface area contributed by atoms with Crippen molar-refractivity contribution in [3.05, 3.63) is 0 Å². The van der Waals surface area contributed by atoms with Gasteiger partial charge >= 0.3 is 29.6 Å². The van der Waals surface area contributed by atoms with Crippen LogP contribution in [0.2, 0.25) is 0 Å². The van der Waals surface area contributed by atoms with Crippen LogP contribution >= 0.6 is 0 Å². The number of carbonyl (C=O) groups is 1. The van der Waals surface area contributed by atoms with Crippen LogP contribution in [-0.4, -0.2) is 43.1 Å². The first-order valence-electron chi connectivity index (χ1n) is 8.54. The molecule has 0 aliphatic heterocycles. The first-order chi connectivity index (χ1) is 10.4. The summed E-state index contributed by atoms with van der Waals surface area (Å²) in [5.74, 6) is -0.367. The summed E-state index contributed by atoms with van der Waals surface area (Å²) in [5.41, 5.74) is 0. The van der Waals surface area contributed by atoms with Gasteiger partial charge in [0.05, 0.1) is 10.1 Å². The van der Waals surface area contributed by atoms with Gasteiger partial charge in [-0.2, -0.15) is 0 Å². The second kappa shape index (κ2) is 15.9. The molecule has 0 atom stereocenters. The van der Waals surface area contributed by atoms with E-state index in [2.05, 4.69) is 6.92 Å². The quantitative estimate of drug-likeness (QED) is 0.255. The minimum Gasteiger partial charge on any atom is -0.748 e. The van der Waals surface area contributed by atoms with Crippen LogP contribution in [0.15, 0.2) is 0 Å². The van der Waals surface area contributed by atoms with Crippen LogP contribution in [0.25, 0.3) is 0 Å². The van der Waals surface area contributed by atoms with Gasteiger partial charge in [0.25, 0.3) is 0 Å². The van der Waals surface area contributed by atoms with Crippen molar-refractivity contribution in [2.75, 3.05) is 19.3 Å². The Labute approximate surface area is 164 Å². The van der Waals surface area contributed by atoms with E-state index in [1.165, 1.54) is 49.8 Å². The Kier molecular flexibility index (Phi) is 17.7. The molecule has 0 heterocycles. The molecule has 0 aromatic rings. The molecule has 0 rings (SSSR count). The number of carbonyl (C=O) groups excluding carboxylic acids is 1. The monoisotopic (exact) mass is 357 g/mol. The van der Waals surface area contributed by atoms with Crippen molar-refractivity contribution in [3.8, 4) is 0 Å². The minimum atomic E-state index is -4.17. The predicted molar refractivity (Wildman–Crippen MR) is 88.7 cm³/mol. The van der Waals surface area contributed by atoms with Crippen LogP contribution < -0.4 is 29.6 Å². The van der Waals surface area contributed by atoms with Gasteiger partial charge in [-0.25, -0.2) is 8.42 Å². The third-order valence-corrected chi connectivity index (χ3v) is 4.60. The fourth-order valence-corrected chi connectivity index (χ4v) is 2.86. The van der Waals surface area contributed by atoms with Gasteiger partial charge in [-0.3, -0.25) is 4.79 Å². The van der Waals surface area contributed by atoms with E-state index in [1.54, 1.807) is 7.05 Å². The molecule has 0 aliphatic carbocycles. The van der Waals surface area contributed by atoms with E-state index < -0.39 is 15.9 Å². The fraction of sp³-hybridized carbons (Fsp3) is 0.938. The van der Waals surface area contributed by atoms with Gasteiger partial charge in [-0.15, -0.1) is 0 Å². The van der Waals surface area contributed by atoms with Gasteiger partial charge in [0, 0.05) is 25.8 Å². The van der Waals surface area contributed by atoms with E-state index in [-0.39, 0.29) is 41.9 Å². The number of hydrogen-bond acceptors (Lipinski definition) is 4. The summed E-state index contributed by atoms with van der Waals surface area (Å²) >= 11 is 0. The van der Waals surface area contributed by atoms with Crippen molar-refractivity contribution in [2.24, 2.45) is 0 Å². The molecule has 0 unspecified atom stereocenters. The maximum Gasteiger partial charge on any atom is 1.00 e. The van der Waals surface area contributed by atoms with Crippen LogP contribution in [-0.2, 0) is 14.9 Å². The summed E-state index contributed by atoms with van der Waals surface area (Å²) in [7, 11) is -2.51. The van der Waals surface area contributed by atoms with Gasteiger partial charge in [0.1, 0.15) is 0 Å². The number of amides is 1. The van der Waals surface area contributed by atoms with E-state index in [1.807, 2.05) is 0 Å². The average molecular weight is 357 g/mol. The molecule has 0 saturated carbocycles. The Morgan fingerprint density at radius 3 is 1.87 bits per heavy atom. The molecule has 0 aliphatic rings. The molecule has 7 heteroatoms. The predicted octanol–water partition coefficient (Wildman–Crippen LogP) is 0.305. The smallest absolute Gasteiger partial charge is 0.748 e. The van der Waals surface area contributed by atoms with Crippen molar-refractivity contribution in [2.45, 2.75) is 77.6 Å². The summed E-state index contributed by atoms with van der Waals surface area (Å²) in [6.45, 7) is 2.55. The van der Waals surface area contributed by atoms with Crippen molar-refractivity contribution in [1.29, 1.82) is 0 Å². The SMILES string of the molecule is CCCCCCCCCCCC(=O)N(C)CCCS(=O)(=O)[O-].[Na+]. The molecule has 0 spiro atoms. The van der Waals surface area contributed by atoms with Gasteiger partial charge in [-0.05, 0) is 12.8 Å². The average Bonchev–Trinajstić information content (AvgIpc) is 2.43. The molecule has 0 N–H and O–H groups in total. The van der Waals surface area contributed by atoms with E-state index in [0.717, 1.165) is 12.8 Å². The molecule has 0 saturated heterocycles. The number of unbranched alkanes of at least 4 members (excludes halogenated alkanes) is 8. The largest absolute Gasteiger partial charge is 1.00 e. The fourth-order valence-electron chi connectivity index (χ4n) is 2.38. The van der Waals surface area contributed by atoms with Gasteiger partial charge < -0.3 is 9.45 Å². The topological polar surface area (TPSA) is 77.5 Å². The van der Waals surface area contributed by atoms with Gasteiger partial charge in [0.2, 0.25) is 5.91 Å². The van der Waals surface area contributed by atoms with Gasteiger partial charge in [0.15, 0.2) is 0 Å². The van der Waals surface area contributed by atoms with Crippen molar-refractivity contribution >= 4 is 16.0 Å². The molecular formula is C16H32NNaO4S. The van der Waals surface area contributed by atoms with Crippen molar-refractivity contribution in [3.63, 3.8) is 0 Å². The van der Waals surface area contributed by atoms with Gasteiger partial charge in [-0.1, -0.05) is 58.3 Å². The van der Waals surface area contributed by atoms with Crippen LogP contribution in [0.3, 0.4) is 0 Å². The minimum absolute atomic E-state index is 0. The molecule has 1 amide bonds. The molecule has 0 bridgehead atoms. The number of hydrogen-bond donors (Lipinski definition) is 0. The molecule has 0 radical (unpaired) electrons. The van der Waals surface area contributed by atoms with Crippen LogP contribution in [0, 0.1) is 0 Å². The molecule has 5 nitrogen and oxygen atoms in total. The second-order valence-corrected chi connectivity index (χ2v) is 7.53. The first-order valence-corrected chi connectivity index (χ1v) is 10.1. The number of rotatable bonds is 14. The Bertz CT molecular complexity index is 388. The molecule has 23 heavy (non-hydrogen) atoms. The Balaban J connectivity index is 0. The Morgan fingerprint density at radius 1 is 0.913 bits per heavy atom. The summed E-state index contributed by atoms with van der Waals surface area (Å²) < 4.78 is 31.4. The van der Waals surface area contributed by atoms with E-state index in [9.17, 15) is 17.8 Å². The molecule has 0 aromatic heterocycles. The Morgan fingerprint density at radius 2 is 1.39 bits per heavy atom. The number of nitrogens with zero attached hydrogens (tertiary/aromatic N) is 1. The maximum absolute atomic E-state index is 11.8. The zero-order chi connectivity index (χ0) is 16.8. The zero-order valence-electron chi connectivity index (χ0n) is 15.2. The second-order valence-electron chi connectivity index (χ2n) is 6.01. The zero-order valence-corrected chi connectivity index (χ0v) is 18.0. The first kappa shape index (κ1) is 25.6. The van der Waals surface area contributed by atoms with E-state index in [4.69, 9.17) is 0 Å². The molecular weight excluding hydrogens is 325 g/mol. The summed E-state index contributed by atoms with van der Waals surface area (Å²) in [6.07, 6.45) is 11.6. The van der Waals surface area contributed by atoms with E-state index in [0.29, 0.717) is 13.0 Å². The van der Waals surface area contributed by atoms with E-state index >= 15 is 0 Å². The summed E-state index contributed by atoms with van der Waals surface area (Å²) in [4.78, 5) is 13.3. The van der Waals surface area contributed by atoms with Crippen molar-refractivity contribution < 1.29 is 47.3 Å². The summed E-state index contributed by atoms with van der Waals surface area (Å²) in [5, 5.41) is 0. The molecule has 132 valence electrons. The normalized spacial score (nSPS) is 11.1. The summed E-state index contributed by atoms with van der Waals surface area (Å²) in [6, 6.07) is 0. The maximum atomic E-state index is 11.8.